The average molecular weight is 618 g/mol. The first-order chi connectivity index (χ1) is 20.6. The summed E-state index contributed by atoms with van der Waals surface area (Å²) in [5.74, 6) is -0.722. The predicted octanol–water partition coefficient (Wildman–Crippen LogP) is 3.81. The van der Waals surface area contributed by atoms with Gasteiger partial charge in [0.2, 0.25) is 0 Å². The summed E-state index contributed by atoms with van der Waals surface area (Å²) < 4.78 is 53.6. The van der Waals surface area contributed by atoms with E-state index in [1.165, 1.54) is 25.1 Å². The number of hydrogen-bond donors (Lipinski definition) is 1. The van der Waals surface area contributed by atoms with E-state index >= 15 is 0 Å². The van der Waals surface area contributed by atoms with Crippen LogP contribution in [0.15, 0.2) is 52.1 Å². The highest BCUT2D eigenvalue weighted by Gasteiger charge is 2.31. The minimum atomic E-state index is -4.80. The molecule has 0 aliphatic carbocycles. The zero-order valence-electron chi connectivity index (χ0n) is 24.8. The van der Waals surface area contributed by atoms with Crippen LogP contribution in [0.2, 0.25) is 0 Å². The number of aryl methyl sites for hydroxylation is 1. The van der Waals surface area contributed by atoms with Gasteiger partial charge in [-0.2, -0.15) is 13.2 Å². The number of benzene rings is 2. The third-order valence-corrected chi connectivity index (χ3v) is 6.72. The van der Waals surface area contributed by atoms with Gasteiger partial charge in [-0.25, -0.2) is 14.6 Å². The van der Waals surface area contributed by atoms with E-state index in [2.05, 4.69) is 4.98 Å². The van der Waals surface area contributed by atoms with Crippen molar-refractivity contribution >= 4 is 33.9 Å². The lowest BCUT2D eigenvalue weighted by atomic mass is 10.1. The Morgan fingerprint density at radius 1 is 0.977 bits per heavy atom. The van der Waals surface area contributed by atoms with E-state index < -0.39 is 47.6 Å². The highest BCUT2D eigenvalue weighted by molar-refractivity contribution is 5.82. The van der Waals surface area contributed by atoms with E-state index in [9.17, 15) is 32.3 Å². The van der Waals surface area contributed by atoms with Gasteiger partial charge in [0.1, 0.15) is 24.0 Å². The molecule has 236 valence electrons. The number of para-hydroxylation sites is 1. The number of carbonyl (C=O) groups excluding carboxylic acids is 2. The first-order valence-electron chi connectivity index (χ1n) is 14.0. The SMILES string of the molecule is CC(=O)OCCCCn1c(Cn2c(=O)n(CC(F)(F)F)c(=O)c3ccccc32)nc2cc(C(N)C(=O)OC(C)(C)C)ccc21. The zero-order valence-corrected chi connectivity index (χ0v) is 24.8. The fourth-order valence-electron chi connectivity index (χ4n) is 4.83. The van der Waals surface area contributed by atoms with Gasteiger partial charge in [0.25, 0.3) is 5.56 Å². The largest absolute Gasteiger partial charge is 0.466 e. The molecule has 4 aromatic rings. The van der Waals surface area contributed by atoms with Crippen molar-refractivity contribution in [2.45, 2.75) is 78.0 Å². The molecule has 4 rings (SSSR count). The number of aromatic nitrogens is 4. The lowest BCUT2D eigenvalue weighted by Gasteiger charge is -2.22. The highest BCUT2D eigenvalue weighted by Crippen LogP contribution is 2.24. The molecule has 1 unspecified atom stereocenters. The van der Waals surface area contributed by atoms with Crippen molar-refractivity contribution in [3.63, 3.8) is 0 Å². The fourth-order valence-corrected chi connectivity index (χ4v) is 4.83. The number of nitrogens with zero attached hydrogens (tertiary/aromatic N) is 4. The molecule has 0 saturated heterocycles. The first-order valence-corrected chi connectivity index (χ1v) is 14.0. The summed E-state index contributed by atoms with van der Waals surface area (Å²) in [5, 5.41) is -0.0500. The van der Waals surface area contributed by atoms with Gasteiger partial charge in [0, 0.05) is 13.5 Å². The second kappa shape index (κ2) is 12.6. The molecule has 44 heavy (non-hydrogen) atoms. The number of esters is 2. The second-order valence-electron chi connectivity index (χ2n) is 11.4. The van der Waals surface area contributed by atoms with Gasteiger partial charge in [-0.05, 0) is 63.4 Å². The highest BCUT2D eigenvalue weighted by atomic mass is 19.4. The van der Waals surface area contributed by atoms with Crippen LogP contribution in [0.25, 0.3) is 21.9 Å². The number of rotatable bonds is 10. The van der Waals surface area contributed by atoms with E-state index in [4.69, 9.17) is 15.2 Å². The molecule has 0 fully saturated rings. The van der Waals surface area contributed by atoms with Crippen LogP contribution in [0.4, 0.5) is 13.2 Å². The number of carbonyl (C=O) groups is 2. The molecule has 2 N–H and O–H groups in total. The summed E-state index contributed by atoms with van der Waals surface area (Å²) in [4.78, 5) is 54.7. The Morgan fingerprint density at radius 2 is 1.68 bits per heavy atom. The monoisotopic (exact) mass is 617 g/mol. The van der Waals surface area contributed by atoms with E-state index in [-0.39, 0.29) is 28.6 Å². The number of imidazole rings is 1. The third-order valence-electron chi connectivity index (χ3n) is 6.72. The molecule has 1 atom stereocenters. The van der Waals surface area contributed by atoms with Crippen molar-refractivity contribution in [1.29, 1.82) is 0 Å². The molecule has 0 saturated carbocycles. The number of alkyl halides is 3. The standard InChI is InChI=1S/C30H34F3N5O6/c1-18(39)43-14-8-7-13-36-23-12-11-19(25(34)27(41)44-29(2,3)4)15-21(23)35-24(36)16-37-22-10-6-5-9-20(22)26(40)38(28(37)42)17-30(31,32)33/h5-6,9-12,15,25H,7-8,13-14,16-17,34H2,1-4H3. The molecular formula is C30H34F3N5O6. The molecule has 0 aliphatic rings. The summed E-state index contributed by atoms with van der Waals surface area (Å²) in [7, 11) is 0. The van der Waals surface area contributed by atoms with Crippen molar-refractivity contribution in [3.8, 4) is 0 Å². The minimum absolute atomic E-state index is 0.0500. The molecule has 2 aromatic heterocycles. The van der Waals surface area contributed by atoms with E-state index in [0.29, 0.717) is 41.8 Å². The Bertz CT molecular complexity index is 1820. The lowest BCUT2D eigenvalue weighted by molar-refractivity contribution is -0.156. The number of unbranched alkanes of at least 4 members (excludes halogenated alkanes) is 1. The topological polar surface area (TPSA) is 140 Å². The Kier molecular flexibility index (Phi) is 9.33. The Balaban J connectivity index is 1.81. The zero-order chi connectivity index (χ0) is 32.4. The number of hydrogen-bond acceptors (Lipinski definition) is 8. The van der Waals surface area contributed by atoms with Gasteiger partial charge < -0.3 is 19.8 Å². The molecular weight excluding hydrogens is 583 g/mol. The molecule has 14 heteroatoms. The van der Waals surface area contributed by atoms with Gasteiger partial charge in [-0.1, -0.05) is 18.2 Å². The van der Waals surface area contributed by atoms with Crippen molar-refractivity contribution in [2.24, 2.45) is 5.73 Å². The number of halogens is 3. The van der Waals surface area contributed by atoms with Crippen molar-refractivity contribution in [1.82, 2.24) is 18.7 Å². The second-order valence-corrected chi connectivity index (χ2v) is 11.4. The maximum atomic E-state index is 13.4. The summed E-state index contributed by atoms with van der Waals surface area (Å²) in [6, 6.07) is 9.81. The van der Waals surface area contributed by atoms with E-state index in [1.807, 2.05) is 0 Å². The molecule has 2 aromatic carbocycles. The molecule has 2 heterocycles. The molecule has 0 bridgehead atoms. The van der Waals surface area contributed by atoms with Crippen LogP contribution in [0.1, 0.15) is 58.0 Å². The molecule has 0 spiro atoms. The predicted molar refractivity (Wildman–Crippen MR) is 156 cm³/mol. The molecule has 0 radical (unpaired) electrons. The van der Waals surface area contributed by atoms with Crippen LogP contribution in [0, 0.1) is 0 Å². The normalized spacial score (nSPS) is 12.9. The van der Waals surface area contributed by atoms with Gasteiger partial charge in [-0.3, -0.25) is 18.7 Å². The van der Waals surface area contributed by atoms with Crippen molar-refractivity contribution in [2.75, 3.05) is 6.61 Å². The molecule has 0 amide bonds. The lowest BCUT2D eigenvalue weighted by Crippen LogP contribution is -2.43. The summed E-state index contributed by atoms with van der Waals surface area (Å²) in [6.07, 6.45) is -3.75. The Hall–Kier alpha value is -4.46. The van der Waals surface area contributed by atoms with Crippen LogP contribution in [0.5, 0.6) is 0 Å². The van der Waals surface area contributed by atoms with Crippen LogP contribution in [0.3, 0.4) is 0 Å². The fraction of sp³-hybridized carbons (Fsp3) is 0.433. The van der Waals surface area contributed by atoms with Crippen LogP contribution < -0.4 is 17.0 Å². The Morgan fingerprint density at radius 3 is 2.34 bits per heavy atom. The Labute approximate surface area is 250 Å². The average Bonchev–Trinajstić information content (AvgIpc) is 3.27. The minimum Gasteiger partial charge on any atom is -0.466 e. The quantitative estimate of drug-likeness (QED) is 0.209. The van der Waals surface area contributed by atoms with Gasteiger partial charge in [0.05, 0.1) is 35.1 Å². The van der Waals surface area contributed by atoms with Crippen molar-refractivity contribution < 1.29 is 32.2 Å². The van der Waals surface area contributed by atoms with Crippen LogP contribution in [-0.4, -0.2) is 49.0 Å². The van der Waals surface area contributed by atoms with Gasteiger partial charge >= 0.3 is 23.8 Å². The maximum absolute atomic E-state index is 13.4. The van der Waals surface area contributed by atoms with Crippen LogP contribution >= 0.6 is 0 Å². The van der Waals surface area contributed by atoms with Gasteiger partial charge in [0.15, 0.2) is 0 Å². The van der Waals surface area contributed by atoms with E-state index in [0.717, 1.165) is 4.57 Å². The summed E-state index contributed by atoms with van der Waals surface area (Å²) in [5.41, 5.74) is 4.89. The van der Waals surface area contributed by atoms with E-state index in [1.54, 1.807) is 49.6 Å². The maximum Gasteiger partial charge on any atom is 0.406 e. The number of ether oxygens (including phenoxy) is 2. The smallest absolute Gasteiger partial charge is 0.406 e. The number of fused-ring (bicyclic) bond motifs is 2. The van der Waals surface area contributed by atoms with Crippen LogP contribution in [-0.2, 0) is 38.7 Å². The molecule has 11 nitrogen and oxygen atoms in total. The third kappa shape index (κ3) is 7.54. The summed E-state index contributed by atoms with van der Waals surface area (Å²) in [6.45, 7) is 5.02. The van der Waals surface area contributed by atoms with Crippen molar-refractivity contribution in [3.05, 3.63) is 74.7 Å². The first kappa shape index (κ1) is 32.5. The number of nitrogens with two attached hydrogens (primary N) is 1. The van der Waals surface area contributed by atoms with Gasteiger partial charge in [-0.15, -0.1) is 0 Å². The molecule has 0 aliphatic heterocycles. The summed E-state index contributed by atoms with van der Waals surface area (Å²) >= 11 is 0.